The first-order valence-electron chi connectivity index (χ1n) is 7.67. The van der Waals surface area contributed by atoms with Crippen molar-refractivity contribution in [3.63, 3.8) is 0 Å². The minimum atomic E-state index is -3.59. The van der Waals surface area contributed by atoms with Gasteiger partial charge in [-0.1, -0.05) is 0 Å². The van der Waals surface area contributed by atoms with Crippen LogP contribution in [0.4, 0.5) is 0 Å². The summed E-state index contributed by atoms with van der Waals surface area (Å²) in [7, 11) is 0.332. The lowest BCUT2D eigenvalue weighted by atomic mass is 9.71. The molecule has 0 radical (unpaired) electrons. The zero-order chi connectivity index (χ0) is 16.1. The van der Waals surface area contributed by atoms with E-state index in [1.807, 2.05) is 32.8 Å². The average molecular weight is 328 g/mol. The predicted octanol–water partition coefficient (Wildman–Crippen LogP) is 0.460. The van der Waals surface area contributed by atoms with Gasteiger partial charge in [0.1, 0.15) is 0 Å². The van der Waals surface area contributed by atoms with E-state index in [-0.39, 0.29) is 35.2 Å². The molecule has 0 amide bonds. The molecule has 8 heteroatoms. The number of nitrogens with one attached hydrogen (secondary N) is 1. The van der Waals surface area contributed by atoms with Crippen molar-refractivity contribution < 1.29 is 13.2 Å². The molecule has 2 heterocycles. The van der Waals surface area contributed by atoms with Crippen LogP contribution < -0.4 is 4.72 Å². The maximum atomic E-state index is 12.7. The molecule has 1 saturated heterocycles. The van der Waals surface area contributed by atoms with Gasteiger partial charge in [0.15, 0.2) is 5.03 Å². The second-order valence-electron chi connectivity index (χ2n) is 6.60. The summed E-state index contributed by atoms with van der Waals surface area (Å²) in [6, 6.07) is 1.52. The van der Waals surface area contributed by atoms with Crippen LogP contribution in [0, 0.1) is 5.92 Å². The highest BCUT2D eigenvalue weighted by atomic mass is 32.2. The van der Waals surface area contributed by atoms with Gasteiger partial charge in [-0.15, -0.1) is 0 Å². The van der Waals surface area contributed by atoms with Crippen LogP contribution >= 0.6 is 0 Å². The van der Waals surface area contributed by atoms with Gasteiger partial charge in [-0.3, -0.25) is 4.68 Å². The number of ether oxygens (including phenoxy) is 1. The Morgan fingerprint density at radius 1 is 1.45 bits per heavy atom. The van der Waals surface area contributed by atoms with Crippen LogP contribution in [0.3, 0.4) is 0 Å². The van der Waals surface area contributed by atoms with Gasteiger partial charge >= 0.3 is 0 Å². The highest BCUT2D eigenvalue weighted by Gasteiger charge is 2.56. The molecule has 7 nitrogen and oxygen atoms in total. The molecule has 1 aromatic heterocycles. The van der Waals surface area contributed by atoms with Crippen molar-refractivity contribution in [1.82, 2.24) is 19.4 Å². The summed E-state index contributed by atoms with van der Waals surface area (Å²) in [5.74, 6) is 0.262. The summed E-state index contributed by atoms with van der Waals surface area (Å²) in [4.78, 5) is 2.04. The fourth-order valence-electron chi connectivity index (χ4n) is 3.59. The van der Waals surface area contributed by atoms with Gasteiger partial charge in [-0.25, -0.2) is 13.1 Å². The van der Waals surface area contributed by atoms with Crippen molar-refractivity contribution in [1.29, 1.82) is 0 Å². The van der Waals surface area contributed by atoms with E-state index in [2.05, 4.69) is 9.82 Å². The minimum absolute atomic E-state index is 0.00447. The highest BCUT2D eigenvalue weighted by Crippen LogP contribution is 2.41. The maximum absolute atomic E-state index is 12.7. The SMILES string of the molecule is CC(C)n1nccc1S(=O)(=O)N[C@H]1[C@H]2CCO[C@H]2[C@@H]1N(C)C. The summed E-state index contributed by atoms with van der Waals surface area (Å²) in [6.45, 7) is 4.54. The number of aromatic nitrogens is 2. The van der Waals surface area contributed by atoms with Crippen LogP contribution in [0.25, 0.3) is 0 Å². The number of sulfonamides is 1. The molecule has 0 spiro atoms. The molecule has 1 N–H and O–H groups in total. The van der Waals surface area contributed by atoms with Crippen LogP contribution in [0.5, 0.6) is 0 Å². The number of hydrogen-bond donors (Lipinski definition) is 1. The van der Waals surface area contributed by atoms with Gasteiger partial charge in [0.2, 0.25) is 0 Å². The lowest BCUT2D eigenvalue weighted by Crippen LogP contribution is -2.69. The number of fused-ring (bicyclic) bond motifs is 1. The topological polar surface area (TPSA) is 76.5 Å². The lowest BCUT2D eigenvalue weighted by molar-refractivity contribution is -0.0626. The Hall–Kier alpha value is -0.960. The second kappa shape index (κ2) is 5.59. The number of nitrogens with zero attached hydrogens (tertiary/aromatic N) is 3. The molecular formula is C14H24N4O3S. The Bertz CT molecular complexity index is 640. The largest absolute Gasteiger partial charge is 0.376 e. The minimum Gasteiger partial charge on any atom is -0.376 e. The Balaban J connectivity index is 1.83. The molecule has 124 valence electrons. The smallest absolute Gasteiger partial charge is 0.258 e. The lowest BCUT2D eigenvalue weighted by Gasteiger charge is -2.50. The van der Waals surface area contributed by atoms with Crippen molar-refractivity contribution in [2.75, 3.05) is 20.7 Å². The van der Waals surface area contributed by atoms with Crippen molar-refractivity contribution in [2.45, 2.75) is 49.5 Å². The summed E-state index contributed by atoms with van der Waals surface area (Å²) in [5, 5.41) is 4.34. The molecule has 1 aliphatic carbocycles. The third kappa shape index (κ3) is 2.47. The number of rotatable bonds is 5. The van der Waals surface area contributed by atoms with Gasteiger partial charge < -0.3 is 9.64 Å². The normalized spacial score (nSPS) is 31.5. The standard InChI is InChI=1S/C14H24N4O3S/c1-9(2)18-11(5-7-15-18)22(19,20)16-12-10-6-8-21-14(10)13(12)17(3)4/h5,7,9-10,12-14,16H,6,8H2,1-4H3/t10-,12+,13-,14-/m1/s1. The van der Waals surface area contributed by atoms with E-state index in [0.717, 1.165) is 6.42 Å². The predicted molar refractivity (Wildman–Crippen MR) is 82.0 cm³/mol. The van der Waals surface area contributed by atoms with Crippen LogP contribution in [0.15, 0.2) is 17.3 Å². The molecule has 0 unspecified atom stereocenters. The maximum Gasteiger partial charge on any atom is 0.258 e. The highest BCUT2D eigenvalue weighted by molar-refractivity contribution is 7.89. The molecule has 2 aliphatic rings. The molecule has 0 bridgehead atoms. The number of hydrogen-bond acceptors (Lipinski definition) is 5. The van der Waals surface area contributed by atoms with E-state index in [1.165, 1.54) is 10.9 Å². The van der Waals surface area contributed by atoms with E-state index in [1.54, 1.807) is 6.07 Å². The molecule has 22 heavy (non-hydrogen) atoms. The first-order chi connectivity index (χ1) is 10.3. The third-order valence-electron chi connectivity index (χ3n) is 4.64. The summed E-state index contributed by atoms with van der Waals surface area (Å²) < 4.78 is 35.6. The fraction of sp³-hybridized carbons (Fsp3) is 0.786. The molecule has 0 aromatic carbocycles. The van der Waals surface area contributed by atoms with Crippen molar-refractivity contribution >= 4 is 10.0 Å². The van der Waals surface area contributed by atoms with Crippen molar-refractivity contribution in [3.05, 3.63) is 12.3 Å². The van der Waals surface area contributed by atoms with Gasteiger partial charge in [0, 0.05) is 24.6 Å². The van der Waals surface area contributed by atoms with E-state index in [9.17, 15) is 8.42 Å². The molecule has 1 saturated carbocycles. The monoisotopic (exact) mass is 328 g/mol. The van der Waals surface area contributed by atoms with Crippen molar-refractivity contribution in [2.24, 2.45) is 5.92 Å². The zero-order valence-corrected chi connectivity index (χ0v) is 14.2. The Kier molecular flexibility index (Phi) is 4.05. The van der Waals surface area contributed by atoms with Gasteiger partial charge in [0.25, 0.3) is 10.0 Å². The molecule has 1 aliphatic heterocycles. The first-order valence-corrected chi connectivity index (χ1v) is 9.15. The van der Waals surface area contributed by atoms with Gasteiger partial charge in [0.05, 0.1) is 18.3 Å². The van der Waals surface area contributed by atoms with Crippen LogP contribution in [0.2, 0.25) is 0 Å². The fourth-order valence-corrected chi connectivity index (χ4v) is 5.13. The van der Waals surface area contributed by atoms with Gasteiger partial charge in [-0.2, -0.15) is 5.10 Å². The average Bonchev–Trinajstić information content (AvgIpc) is 3.02. The molecule has 4 atom stereocenters. The second-order valence-corrected chi connectivity index (χ2v) is 8.26. The third-order valence-corrected chi connectivity index (χ3v) is 6.09. The summed E-state index contributed by atoms with van der Waals surface area (Å²) in [5.41, 5.74) is 0. The summed E-state index contributed by atoms with van der Waals surface area (Å²) in [6.07, 6.45) is 2.57. The molecule has 2 fully saturated rings. The van der Waals surface area contributed by atoms with Crippen LogP contribution in [0.1, 0.15) is 26.3 Å². The van der Waals surface area contributed by atoms with Gasteiger partial charge in [-0.05, 0) is 40.4 Å². The van der Waals surface area contributed by atoms with Crippen LogP contribution in [-0.4, -0.2) is 62.0 Å². The Labute approximate surface area is 131 Å². The molecule has 1 aromatic rings. The molecular weight excluding hydrogens is 304 g/mol. The Morgan fingerprint density at radius 3 is 2.82 bits per heavy atom. The van der Waals surface area contributed by atoms with E-state index in [0.29, 0.717) is 6.61 Å². The molecule has 3 rings (SSSR count). The van der Waals surface area contributed by atoms with Crippen molar-refractivity contribution in [3.8, 4) is 0 Å². The Morgan fingerprint density at radius 2 is 2.18 bits per heavy atom. The van der Waals surface area contributed by atoms with E-state index in [4.69, 9.17) is 4.74 Å². The quantitative estimate of drug-likeness (QED) is 0.850. The first kappa shape index (κ1) is 15.9. The number of likely N-dealkylation sites (N-methyl/N-ethyl adjacent to an activating group) is 1. The van der Waals surface area contributed by atoms with E-state index >= 15 is 0 Å². The summed E-state index contributed by atoms with van der Waals surface area (Å²) >= 11 is 0. The van der Waals surface area contributed by atoms with Crippen LogP contribution in [-0.2, 0) is 14.8 Å². The van der Waals surface area contributed by atoms with E-state index < -0.39 is 10.0 Å². The zero-order valence-electron chi connectivity index (χ0n) is 13.4.